The molecule has 2 N–H and O–H groups in total. The third-order valence-corrected chi connectivity index (χ3v) is 10.9. The van der Waals surface area contributed by atoms with E-state index in [0.717, 1.165) is 9.80 Å². The molecule has 3 fully saturated rings. The van der Waals surface area contributed by atoms with Gasteiger partial charge in [-0.2, -0.15) is 0 Å². The number of benzene rings is 2. The number of fused-ring (bicyclic) bond motifs is 4. The summed E-state index contributed by atoms with van der Waals surface area (Å²) in [5, 5.41) is 19.5. The maximum absolute atomic E-state index is 14.0. The number of carbonyl (C=O) groups is 5. The van der Waals surface area contributed by atoms with E-state index < -0.39 is 63.0 Å². The number of hydrogen-bond acceptors (Lipinski definition) is 6. The van der Waals surface area contributed by atoms with E-state index in [4.69, 9.17) is 34.8 Å². The first-order valence-corrected chi connectivity index (χ1v) is 14.8. The van der Waals surface area contributed by atoms with Crippen LogP contribution < -0.4 is 4.90 Å². The van der Waals surface area contributed by atoms with Gasteiger partial charge in [-0.05, 0) is 54.7 Å². The molecule has 2 aromatic rings. The van der Waals surface area contributed by atoms with Crippen LogP contribution in [0.4, 0.5) is 5.69 Å². The summed E-state index contributed by atoms with van der Waals surface area (Å²) in [5.41, 5.74) is 0.747. The Morgan fingerprint density at radius 3 is 2.41 bits per heavy atom. The molecule has 4 aliphatic rings. The Hall–Kier alpha value is -2.92. The lowest BCUT2D eigenvalue weighted by Crippen LogP contribution is -2.60. The number of imide groups is 2. The summed E-state index contributed by atoms with van der Waals surface area (Å²) in [6.07, 6.45) is 1.69. The Kier molecular flexibility index (Phi) is 6.57. The number of alkyl halides is 3. The molecular formula is C28H20BrCl3N2O7. The molecule has 2 aliphatic heterocycles. The van der Waals surface area contributed by atoms with Gasteiger partial charge in [0.1, 0.15) is 5.75 Å². The van der Waals surface area contributed by atoms with E-state index in [2.05, 4.69) is 15.9 Å². The first kappa shape index (κ1) is 28.2. The molecule has 0 radical (unpaired) electrons. The first-order chi connectivity index (χ1) is 19.4. The molecule has 2 aromatic carbocycles. The van der Waals surface area contributed by atoms with Gasteiger partial charge in [-0.3, -0.25) is 29.0 Å². The lowest BCUT2D eigenvalue weighted by atomic mass is 9.56. The second-order valence-electron chi connectivity index (χ2n) is 10.6. The molecule has 9 nitrogen and oxygen atoms in total. The summed E-state index contributed by atoms with van der Waals surface area (Å²) in [4.78, 5) is 64.5. The fourth-order valence-electron chi connectivity index (χ4n) is 6.88. The molecule has 13 heteroatoms. The van der Waals surface area contributed by atoms with Crippen molar-refractivity contribution in [1.82, 2.24) is 4.90 Å². The largest absolute Gasteiger partial charge is 0.508 e. The highest BCUT2D eigenvalue weighted by molar-refractivity contribution is 9.09. The lowest BCUT2D eigenvalue weighted by Gasteiger charge is -2.51. The average Bonchev–Trinajstić information content (AvgIpc) is 3.27. The van der Waals surface area contributed by atoms with Gasteiger partial charge in [0.15, 0.2) is 9.75 Å². The van der Waals surface area contributed by atoms with E-state index in [9.17, 15) is 34.2 Å². The summed E-state index contributed by atoms with van der Waals surface area (Å²) < 4.78 is 0. The zero-order valence-corrected chi connectivity index (χ0v) is 24.7. The van der Waals surface area contributed by atoms with Crippen LogP contribution in [0.25, 0.3) is 0 Å². The van der Waals surface area contributed by atoms with Crippen LogP contribution in [0.1, 0.15) is 34.7 Å². The molecule has 0 spiro atoms. The van der Waals surface area contributed by atoms with Gasteiger partial charge in [0, 0.05) is 10.9 Å². The topological polar surface area (TPSA) is 132 Å². The Morgan fingerprint density at radius 1 is 1.02 bits per heavy atom. The van der Waals surface area contributed by atoms with E-state index in [1.807, 2.05) is 0 Å². The highest BCUT2D eigenvalue weighted by Crippen LogP contribution is 2.66. The second kappa shape index (κ2) is 9.55. The quantitative estimate of drug-likeness (QED) is 0.208. The van der Waals surface area contributed by atoms with Crippen molar-refractivity contribution in [2.24, 2.45) is 17.8 Å². The van der Waals surface area contributed by atoms with Gasteiger partial charge in [-0.15, -0.1) is 23.2 Å². The molecule has 2 heterocycles. The number of carboxylic acid groups (broad SMARTS) is 1. The minimum absolute atomic E-state index is 0.0798. The number of rotatable bonds is 4. The number of phenols is 1. The van der Waals surface area contributed by atoms with Crippen molar-refractivity contribution >= 4 is 86.0 Å². The normalized spacial score (nSPS) is 32.5. The summed E-state index contributed by atoms with van der Waals surface area (Å²) in [6, 6.07) is 9.69. The molecule has 4 amide bonds. The van der Waals surface area contributed by atoms with Gasteiger partial charge in [0.25, 0.3) is 11.8 Å². The number of anilines is 1. The van der Waals surface area contributed by atoms with Crippen molar-refractivity contribution in [2.45, 2.75) is 28.5 Å². The Bertz CT molecular complexity index is 1610. The maximum Gasteiger partial charge on any atom is 0.335 e. The standard InChI is InChI=1S/C28H20BrCl3N2O7/c29-11-33-25(40)27(31)10-18-15(21(28(27,32)26(33)41)16-5-4-14(35)9-19(16)30)6-7-17-20(18)23(37)34(22(17)36)13-3-1-2-12(8-13)24(38)39/h1-6,8-9,17-18,20-21,35H,7,10-11H2,(H,38,39). The van der Waals surface area contributed by atoms with Crippen molar-refractivity contribution < 1.29 is 34.2 Å². The number of halogens is 4. The first-order valence-electron chi connectivity index (χ1n) is 12.6. The third-order valence-electron chi connectivity index (χ3n) is 8.66. The van der Waals surface area contributed by atoms with Crippen molar-refractivity contribution in [3.8, 4) is 5.75 Å². The molecule has 0 bridgehead atoms. The number of nitrogens with zero attached hydrogens (tertiary/aromatic N) is 2. The Labute approximate surface area is 256 Å². The van der Waals surface area contributed by atoms with Crippen LogP contribution in [0.5, 0.6) is 5.75 Å². The van der Waals surface area contributed by atoms with Gasteiger partial charge in [0.2, 0.25) is 11.8 Å². The van der Waals surface area contributed by atoms with Crippen LogP contribution in [0.3, 0.4) is 0 Å². The van der Waals surface area contributed by atoms with Crippen molar-refractivity contribution in [2.75, 3.05) is 10.4 Å². The molecule has 6 unspecified atom stereocenters. The lowest BCUT2D eigenvalue weighted by molar-refractivity contribution is -0.138. The number of likely N-dealkylation sites (tertiary alicyclic amines) is 1. The van der Waals surface area contributed by atoms with Crippen LogP contribution in [0.15, 0.2) is 54.1 Å². The molecule has 41 heavy (non-hydrogen) atoms. The SMILES string of the molecule is O=C(O)c1cccc(N2C(=O)C3CC=C4C(CC5(Cl)C(=O)N(CBr)C(=O)C5(Cl)C4c4ccc(O)cc4Cl)C3C2=O)c1. The zero-order chi connectivity index (χ0) is 29.6. The fourth-order valence-corrected chi connectivity index (χ4v) is 8.58. The van der Waals surface area contributed by atoms with Gasteiger partial charge >= 0.3 is 5.97 Å². The molecule has 6 atom stereocenters. The summed E-state index contributed by atoms with van der Waals surface area (Å²) in [6.45, 7) is 0. The number of hydrogen-bond donors (Lipinski definition) is 2. The van der Waals surface area contributed by atoms with Crippen molar-refractivity contribution in [3.05, 3.63) is 70.3 Å². The van der Waals surface area contributed by atoms with E-state index in [1.54, 1.807) is 6.08 Å². The van der Waals surface area contributed by atoms with E-state index >= 15 is 0 Å². The number of aromatic hydroxyl groups is 1. The summed E-state index contributed by atoms with van der Waals surface area (Å²) >= 11 is 24.0. The highest BCUT2D eigenvalue weighted by Gasteiger charge is 2.76. The number of carbonyl (C=O) groups excluding carboxylic acids is 4. The minimum atomic E-state index is -2.02. The van der Waals surface area contributed by atoms with Gasteiger partial charge in [-0.1, -0.05) is 51.3 Å². The molecule has 2 saturated heterocycles. The monoisotopic (exact) mass is 680 g/mol. The van der Waals surface area contributed by atoms with Crippen molar-refractivity contribution in [1.29, 1.82) is 0 Å². The highest BCUT2D eigenvalue weighted by atomic mass is 79.9. The number of phenolic OH excluding ortho intramolecular Hbond substituents is 1. The number of carboxylic acids is 1. The van der Waals surface area contributed by atoms with Gasteiger partial charge in [-0.25, -0.2) is 4.79 Å². The number of aromatic carboxylic acids is 1. The van der Waals surface area contributed by atoms with Crippen LogP contribution in [-0.4, -0.2) is 59.9 Å². The van der Waals surface area contributed by atoms with Crippen LogP contribution in [-0.2, 0) is 19.2 Å². The summed E-state index contributed by atoms with van der Waals surface area (Å²) in [7, 11) is 0. The zero-order valence-electron chi connectivity index (χ0n) is 20.9. The number of amides is 4. The van der Waals surface area contributed by atoms with Crippen LogP contribution >= 0.6 is 50.7 Å². The number of allylic oxidation sites excluding steroid dienone is 2. The molecule has 1 saturated carbocycles. The molecule has 6 rings (SSSR count). The van der Waals surface area contributed by atoms with Gasteiger partial charge < -0.3 is 10.2 Å². The predicted molar refractivity (Wildman–Crippen MR) is 152 cm³/mol. The third kappa shape index (κ3) is 3.70. The molecule has 212 valence electrons. The smallest absolute Gasteiger partial charge is 0.335 e. The molecular weight excluding hydrogens is 663 g/mol. The van der Waals surface area contributed by atoms with Crippen molar-refractivity contribution in [3.63, 3.8) is 0 Å². The van der Waals surface area contributed by atoms with E-state index in [1.165, 1.54) is 42.5 Å². The van der Waals surface area contributed by atoms with E-state index in [0.29, 0.717) is 11.1 Å². The maximum atomic E-state index is 14.0. The Morgan fingerprint density at radius 2 is 1.76 bits per heavy atom. The predicted octanol–water partition coefficient (Wildman–Crippen LogP) is 4.66. The van der Waals surface area contributed by atoms with Crippen LogP contribution in [0, 0.1) is 17.8 Å². The second-order valence-corrected chi connectivity index (χ2v) is 12.7. The molecule has 2 aliphatic carbocycles. The van der Waals surface area contributed by atoms with Gasteiger partial charge in [0.05, 0.1) is 28.5 Å². The van der Waals surface area contributed by atoms with Crippen LogP contribution in [0.2, 0.25) is 5.02 Å². The summed E-state index contributed by atoms with van der Waals surface area (Å²) in [5.74, 6) is -7.47. The average molecular weight is 683 g/mol. The Balaban J connectivity index is 1.51. The fraction of sp³-hybridized carbons (Fsp3) is 0.321. The van der Waals surface area contributed by atoms with E-state index in [-0.39, 0.29) is 40.3 Å². The minimum Gasteiger partial charge on any atom is -0.508 e. The molecule has 0 aromatic heterocycles.